The van der Waals surface area contributed by atoms with E-state index in [4.69, 9.17) is 14.7 Å². The Balaban J connectivity index is 1.86. The van der Waals surface area contributed by atoms with Gasteiger partial charge >= 0.3 is 0 Å². The predicted octanol–water partition coefficient (Wildman–Crippen LogP) is 2.34. The molecule has 0 radical (unpaired) electrons. The number of hydrogen-bond donors (Lipinski definition) is 1. The lowest BCUT2D eigenvalue weighted by Gasteiger charge is -2.32. The van der Waals surface area contributed by atoms with Gasteiger partial charge in [-0.1, -0.05) is 0 Å². The van der Waals surface area contributed by atoms with Crippen molar-refractivity contribution < 1.29 is 4.74 Å². The Labute approximate surface area is 123 Å². The van der Waals surface area contributed by atoms with Gasteiger partial charge in [0.1, 0.15) is 16.5 Å². The van der Waals surface area contributed by atoms with Crippen LogP contribution in [0.5, 0.6) is 0 Å². The molecule has 2 aromatic heterocycles. The van der Waals surface area contributed by atoms with Gasteiger partial charge in [0, 0.05) is 19.1 Å². The molecule has 1 saturated heterocycles. The monoisotopic (exact) mass is 292 g/mol. The second kappa shape index (κ2) is 6.03. The maximum Gasteiger partial charge on any atom is 0.146 e. The van der Waals surface area contributed by atoms with Gasteiger partial charge in [-0.15, -0.1) is 11.3 Å². The van der Waals surface area contributed by atoms with E-state index in [1.165, 1.54) is 0 Å². The average Bonchev–Trinajstić information content (AvgIpc) is 2.90. The van der Waals surface area contributed by atoms with E-state index in [0.29, 0.717) is 6.04 Å². The predicted molar refractivity (Wildman–Crippen MR) is 82.3 cm³/mol. The van der Waals surface area contributed by atoms with Crippen LogP contribution in [-0.4, -0.2) is 47.2 Å². The number of rotatable bonds is 4. The van der Waals surface area contributed by atoms with Crippen LogP contribution in [0, 0.1) is 0 Å². The molecule has 3 rings (SSSR count). The van der Waals surface area contributed by atoms with Crippen molar-refractivity contribution in [1.29, 1.82) is 0 Å². The lowest BCUT2D eigenvalue weighted by atomic mass is 10.2. The number of nitrogens with zero attached hydrogens (tertiary/aromatic N) is 3. The van der Waals surface area contributed by atoms with Crippen LogP contribution in [0.3, 0.4) is 0 Å². The van der Waals surface area contributed by atoms with Gasteiger partial charge in [0.15, 0.2) is 0 Å². The van der Waals surface area contributed by atoms with E-state index in [0.717, 1.165) is 54.7 Å². The van der Waals surface area contributed by atoms with E-state index >= 15 is 0 Å². The third kappa shape index (κ3) is 2.77. The van der Waals surface area contributed by atoms with Crippen LogP contribution in [0.25, 0.3) is 10.2 Å². The molecule has 20 heavy (non-hydrogen) atoms. The van der Waals surface area contributed by atoms with Gasteiger partial charge in [-0.3, -0.25) is 4.90 Å². The Kier molecular flexibility index (Phi) is 4.14. The highest BCUT2D eigenvalue weighted by Gasteiger charge is 2.20. The first-order valence-electron chi connectivity index (χ1n) is 7.07. The zero-order valence-electron chi connectivity index (χ0n) is 11.9. The number of morpholine rings is 1. The molecule has 1 fully saturated rings. The molecule has 0 aliphatic carbocycles. The molecule has 1 aliphatic rings. The molecule has 2 aromatic rings. The van der Waals surface area contributed by atoms with Crippen LogP contribution in [0.15, 0.2) is 11.4 Å². The van der Waals surface area contributed by atoms with E-state index in [-0.39, 0.29) is 0 Å². The average molecular weight is 292 g/mol. The fourth-order valence-corrected chi connectivity index (χ4v) is 3.23. The van der Waals surface area contributed by atoms with Crippen molar-refractivity contribution in [3.63, 3.8) is 0 Å². The number of fused-ring (bicyclic) bond motifs is 1. The van der Waals surface area contributed by atoms with Gasteiger partial charge in [0.2, 0.25) is 0 Å². The molecule has 3 heterocycles. The van der Waals surface area contributed by atoms with E-state index < -0.39 is 0 Å². The standard InChI is InChI=1S/C14H20N4OS/c1-3-15-13-11-4-7-20-14(11)17-12(16-13)8-18-5-6-19-9-10(18)2/h4,7,10H,3,5-6,8-9H2,1-2H3,(H,15,16,17). The fourth-order valence-electron chi connectivity index (χ4n) is 2.45. The molecule has 1 atom stereocenters. The maximum atomic E-state index is 5.48. The van der Waals surface area contributed by atoms with E-state index in [9.17, 15) is 0 Å². The minimum absolute atomic E-state index is 0.425. The summed E-state index contributed by atoms with van der Waals surface area (Å²) in [6, 6.07) is 2.51. The fraction of sp³-hybridized carbons (Fsp3) is 0.571. The SMILES string of the molecule is CCNc1nc(CN2CCOCC2C)nc2sccc12. The van der Waals surface area contributed by atoms with E-state index in [2.05, 4.69) is 35.5 Å². The van der Waals surface area contributed by atoms with Gasteiger partial charge in [0.05, 0.1) is 25.1 Å². The number of anilines is 1. The Bertz CT molecular complexity index is 586. The van der Waals surface area contributed by atoms with Gasteiger partial charge in [-0.05, 0) is 25.3 Å². The third-order valence-corrected chi connectivity index (χ3v) is 4.37. The molecule has 5 nitrogen and oxygen atoms in total. The highest BCUT2D eigenvalue weighted by molar-refractivity contribution is 7.16. The largest absolute Gasteiger partial charge is 0.379 e. The van der Waals surface area contributed by atoms with Gasteiger partial charge in [-0.2, -0.15) is 0 Å². The van der Waals surface area contributed by atoms with E-state index in [1.807, 2.05) is 0 Å². The topological polar surface area (TPSA) is 50.3 Å². The zero-order chi connectivity index (χ0) is 13.9. The van der Waals surface area contributed by atoms with Crippen molar-refractivity contribution >= 4 is 27.4 Å². The molecule has 6 heteroatoms. The minimum atomic E-state index is 0.425. The van der Waals surface area contributed by atoms with Crippen LogP contribution < -0.4 is 5.32 Å². The smallest absolute Gasteiger partial charge is 0.146 e. The Morgan fingerprint density at radius 1 is 1.50 bits per heavy atom. The summed E-state index contributed by atoms with van der Waals surface area (Å²) in [6.45, 7) is 8.47. The van der Waals surface area contributed by atoms with Gasteiger partial charge in [-0.25, -0.2) is 9.97 Å². The highest BCUT2D eigenvalue weighted by atomic mass is 32.1. The maximum absolute atomic E-state index is 5.48. The first-order chi connectivity index (χ1) is 9.78. The third-order valence-electron chi connectivity index (χ3n) is 3.57. The first kappa shape index (κ1) is 13.7. The van der Waals surface area contributed by atoms with Gasteiger partial charge < -0.3 is 10.1 Å². The van der Waals surface area contributed by atoms with Crippen molar-refractivity contribution in [1.82, 2.24) is 14.9 Å². The summed E-state index contributed by atoms with van der Waals surface area (Å²) >= 11 is 1.67. The number of nitrogens with one attached hydrogen (secondary N) is 1. The Morgan fingerprint density at radius 3 is 3.20 bits per heavy atom. The normalized spacial score (nSPS) is 20.4. The summed E-state index contributed by atoms with van der Waals surface area (Å²) in [5.41, 5.74) is 0. The van der Waals surface area contributed by atoms with Crippen LogP contribution in [0.2, 0.25) is 0 Å². The number of thiophene rings is 1. The molecular weight excluding hydrogens is 272 g/mol. The molecule has 0 bridgehead atoms. The molecular formula is C14H20N4OS. The zero-order valence-corrected chi connectivity index (χ0v) is 12.7. The Hall–Kier alpha value is -1.24. The van der Waals surface area contributed by atoms with Crippen LogP contribution in [-0.2, 0) is 11.3 Å². The lowest BCUT2D eigenvalue weighted by Crippen LogP contribution is -2.43. The molecule has 1 aliphatic heterocycles. The number of aromatic nitrogens is 2. The van der Waals surface area contributed by atoms with Crippen LogP contribution in [0.1, 0.15) is 19.7 Å². The van der Waals surface area contributed by atoms with Crippen molar-refractivity contribution in [3.05, 3.63) is 17.3 Å². The summed E-state index contributed by atoms with van der Waals surface area (Å²) in [5, 5.41) is 6.53. The lowest BCUT2D eigenvalue weighted by molar-refractivity contribution is -0.00543. The molecule has 0 saturated carbocycles. The number of hydrogen-bond acceptors (Lipinski definition) is 6. The second-order valence-corrected chi connectivity index (χ2v) is 5.95. The molecule has 1 unspecified atom stereocenters. The van der Waals surface area contributed by atoms with Crippen molar-refractivity contribution in [2.75, 3.05) is 31.6 Å². The molecule has 0 amide bonds. The highest BCUT2D eigenvalue weighted by Crippen LogP contribution is 2.25. The second-order valence-electron chi connectivity index (χ2n) is 5.05. The summed E-state index contributed by atoms with van der Waals surface area (Å²) < 4.78 is 5.48. The number of ether oxygens (including phenoxy) is 1. The van der Waals surface area contributed by atoms with Gasteiger partial charge in [0.25, 0.3) is 0 Å². The molecule has 0 spiro atoms. The van der Waals surface area contributed by atoms with Crippen molar-refractivity contribution in [2.24, 2.45) is 0 Å². The Morgan fingerprint density at radius 2 is 2.40 bits per heavy atom. The molecule has 108 valence electrons. The first-order valence-corrected chi connectivity index (χ1v) is 7.95. The van der Waals surface area contributed by atoms with Crippen molar-refractivity contribution in [2.45, 2.75) is 26.4 Å². The summed E-state index contributed by atoms with van der Waals surface area (Å²) in [6.07, 6.45) is 0. The molecule has 1 N–H and O–H groups in total. The van der Waals surface area contributed by atoms with Crippen LogP contribution in [0.4, 0.5) is 5.82 Å². The van der Waals surface area contributed by atoms with Crippen LogP contribution >= 0.6 is 11.3 Å². The van der Waals surface area contributed by atoms with Crippen molar-refractivity contribution in [3.8, 4) is 0 Å². The van der Waals surface area contributed by atoms with E-state index in [1.54, 1.807) is 11.3 Å². The summed E-state index contributed by atoms with van der Waals surface area (Å²) in [4.78, 5) is 12.8. The summed E-state index contributed by atoms with van der Waals surface area (Å²) in [5.74, 6) is 1.85. The molecule has 0 aromatic carbocycles. The quantitative estimate of drug-likeness (QED) is 0.937. The summed E-state index contributed by atoms with van der Waals surface area (Å²) in [7, 11) is 0. The minimum Gasteiger partial charge on any atom is -0.379 e.